The van der Waals surface area contributed by atoms with Gasteiger partial charge in [-0.25, -0.2) is 0 Å². The van der Waals surface area contributed by atoms with Crippen LogP contribution in [0.15, 0.2) is 24.3 Å². The van der Waals surface area contributed by atoms with Crippen LogP contribution in [-0.2, 0) is 0 Å². The summed E-state index contributed by atoms with van der Waals surface area (Å²) in [5.41, 5.74) is 1.04. The summed E-state index contributed by atoms with van der Waals surface area (Å²) in [6, 6.07) is 7.63. The number of thiocarbonyl (C=S) groups is 1. The highest BCUT2D eigenvalue weighted by molar-refractivity contribution is 7.78. The molecule has 0 aromatic heterocycles. The zero-order valence-electron chi connectivity index (χ0n) is 6.20. The molecule has 1 rings (SSSR count). The van der Waals surface area contributed by atoms with Gasteiger partial charge in [-0.3, -0.25) is 0 Å². The summed E-state index contributed by atoms with van der Waals surface area (Å²) in [5, 5.41) is 2.54. The molecule has 0 N–H and O–H groups in total. The van der Waals surface area contributed by atoms with E-state index in [-0.39, 0.29) is 0 Å². The van der Waals surface area contributed by atoms with Gasteiger partial charge in [-0.1, -0.05) is 12.1 Å². The molecule has 0 atom stereocenters. The average molecular weight is 164 g/mol. The van der Waals surface area contributed by atoms with Gasteiger partial charge in [-0.15, -0.1) is 0 Å². The summed E-state index contributed by atoms with van der Waals surface area (Å²) in [7, 11) is 1.64. The lowest BCUT2D eigenvalue weighted by atomic mass is 10.2. The monoisotopic (exact) mass is 164 g/mol. The standard InChI is InChI=1S/C9H8OS/c1-10-9-4-2-8(3-5-9)6-7-11/h2-6H,1H3. The van der Waals surface area contributed by atoms with Crippen LogP contribution in [0.25, 0.3) is 6.08 Å². The third kappa shape index (κ3) is 2.19. The summed E-state index contributed by atoms with van der Waals surface area (Å²) in [6.45, 7) is 0. The number of methoxy groups -OCH3 is 1. The maximum Gasteiger partial charge on any atom is 0.118 e. The van der Waals surface area contributed by atoms with E-state index in [1.165, 1.54) is 0 Å². The Labute approximate surface area is 71.3 Å². The van der Waals surface area contributed by atoms with E-state index in [1.807, 2.05) is 24.3 Å². The molecule has 1 nitrogen and oxygen atoms in total. The predicted octanol–water partition coefficient (Wildman–Crippen LogP) is 2.31. The third-order valence-corrected chi connectivity index (χ3v) is 1.46. The zero-order valence-corrected chi connectivity index (χ0v) is 7.02. The predicted molar refractivity (Wildman–Crippen MR) is 50.1 cm³/mol. The molecule has 0 spiro atoms. The van der Waals surface area contributed by atoms with Crippen LogP contribution >= 0.6 is 12.2 Å². The Balaban J connectivity index is 2.91. The van der Waals surface area contributed by atoms with Crippen LogP contribution in [0, 0.1) is 0 Å². The Kier molecular flexibility index (Phi) is 2.84. The number of hydrogen-bond donors (Lipinski definition) is 0. The minimum atomic E-state index is 0.853. The Morgan fingerprint density at radius 1 is 1.36 bits per heavy atom. The second-order valence-corrected chi connectivity index (χ2v) is 2.27. The first-order chi connectivity index (χ1) is 5.36. The molecule has 0 heterocycles. The van der Waals surface area contributed by atoms with Gasteiger partial charge in [0.15, 0.2) is 0 Å². The average Bonchev–Trinajstić information content (AvgIpc) is 2.07. The highest BCUT2D eigenvalue weighted by Gasteiger charge is 1.88. The Morgan fingerprint density at radius 2 is 2.00 bits per heavy atom. The van der Waals surface area contributed by atoms with Crippen LogP contribution < -0.4 is 4.74 Å². The van der Waals surface area contributed by atoms with Gasteiger partial charge in [0.05, 0.1) is 7.11 Å². The van der Waals surface area contributed by atoms with Gasteiger partial charge in [0.25, 0.3) is 0 Å². The van der Waals surface area contributed by atoms with Crippen molar-refractivity contribution in [2.24, 2.45) is 0 Å². The molecular formula is C9H8OS. The SMILES string of the molecule is COc1ccc(C=C=S)cc1. The first kappa shape index (κ1) is 7.99. The fourth-order valence-electron chi connectivity index (χ4n) is 0.768. The topological polar surface area (TPSA) is 9.23 Å². The lowest BCUT2D eigenvalue weighted by molar-refractivity contribution is 0.415. The lowest BCUT2D eigenvalue weighted by Crippen LogP contribution is -1.81. The van der Waals surface area contributed by atoms with Crippen LogP contribution in [0.5, 0.6) is 5.75 Å². The van der Waals surface area contributed by atoms with Crippen molar-refractivity contribution >= 4 is 23.3 Å². The Hall–Kier alpha value is -1.11. The molecule has 56 valence electrons. The molecule has 1 aromatic rings. The molecular weight excluding hydrogens is 156 g/mol. The summed E-state index contributed by atoms with van der Waals surface area (Å²) in [4.78, 5) is 0. The largest absolute Gasteiger partial charge is 0.497 e. The molecule has 0 fully saturated rings. The van der Waals surface area contributed by atoms with E-state index in [2.05, 4.69) is 17.2 Å². The minimum absolute atomic E-state index is 0.853. The maximum absolute atomic E-state index is 4.99. The van der Waals surface area contributed by atoms with E-state index in [0.29, 0.717) is 0 Å². The molecule has 0 radical (unpaired) electrons. The molecule has 0 amide bonds. The quantitative estimate of drug-likeness (QED) is 0.620. The van der Waals surface area contributed by atoms with Crippen molar-refractivity contribution in [3.8, 4) is 5.75 Å². The van der Waals surface area contributed by atoms with E-state index in [0.717, 1.165) is 11.3 Å². The third-order valence-electron chi connectivity index (χ3n) is 1.34. The van der Waals surface area contributed by atoms with Gasteiger partial charge in [-0.05, 0) is 41.0 Å². The van der Waals surface area contributed by atoms with Crippen molar-refractivity contribution in [1.82, 2.24) is 0 Å². The maximum atomic E-state index is 4.99. The first-order valence-electron chi connectivity index (χ1n) is 3.22. The van der Waals surface area contributed by atoms with Gasteiger partial charge in [0, 0.05) is 0 Å². The van der Waals surface area contributed by atoms with Crippen molar-refractivity contribution < 1.29 is 4.74 Å². The van der Waals surface area contributed by atoms with Gasteiger partial charge >= 0.3 is 0 Å². The van der Waals surface area contributed by atoms with Gasteiger partial charge in [0.2, 0.25) is 0 Å². The molecule has 11 heavy (non-hydrogen) atoms. The highest BCUT2D eigenvalue weighted by Crippen LogP contribution is 2.11. The molecule has 1 aromatic carbocycles. The van der Waals surface area contributed by atoms with E-state index in [9.17, 15) is 0 Å². The Bertz CT molecular complexity index is 270. The number of benzene rings is 1. The first-order valence-corrected chi connectivity index (χ1v) is 3.62. The molecule has 0 aliphatic heterocycles. The highest BCUT2D eigenvalue weighted by atomic mass is 32.1. The van der Waals surface area contributed by atoms with Crippen molar-refractivity contribution in [3.63, 3.8) is 0 Å². The number of rotatable bonds is 2. The van der Waals surface area contributed by atoms with E-state index >= 15 is 0 Å². The van der Waals surface area contributed by atoms with Crippen molar-refractivity contribution in [3.05, 3.63) is 29.8 Å². The van der Waals surface area contributed by atoms with Crippen molar-refractivity contribution in [2.45, 2.75) is 0 Å². The van der Waals surface area contributed by atoms with E-state index < -0.39 is 0 Å². The van der Waals surface area contributed by atoms with Gasteiger partial charge < -0.3 is 4.74 Å². The summed E-state index contributed by atoms with van der Waals surface area (Å²) in [6.07, 6.45) is 1.74. The summed E-state index contributed by atoms with van der Waals surface area (Å²) >= 11 is 4.56. The minimum Gasteiger partial charge on any atom is -0.497 e. The molecule has 0 aliphatic rings. The van der Waals surface area contributed by atoms with Crippen LogP contribution in [0.4, 0.5) is 0 Å². The number of ether oxygens (including phenoxy) is 1. The molecule has 0 bridgehead atoms. The molecule has 2 heteroatoms. The van der Waals surface area contributed by atoms with Gasteiger partial charge in [0.1, 0.15) is 5.75 Å². The zero-order chi connectivity index (χ0) is 8.10. The molecule has 0 unspecified atom stereocenters. The summed E-state index contributed by atoms with van der Waals surface area (Å²) in [5.74, 6) is 0.853. The normalized spacial score (nSPS) is 8.45. The van der Waals surface area contributed by atoms with Crippen LogP contribution in [0.2, 0.25) is 0 Å². The van der Waals surface area contributed by atoms with Crippen LogP contribution in [0.3, 0.4) is 0 Å². The number of hydrogen-bond acceptors (Lipinski definition) is 2. The van der Waals surface area contributed by atoms with E-state index in [4.69, 9.17) is 4.74 Å². The molecule has 0 saturated heterocycles. The second-order valence-electron chi connectivity index (χ2n) is 2.04. The van der Waals surface area contributed by atoms with Crippen molar-refractivity contribution in [2.75, 3.05) is 7.11 Å². The fourth-order valence-corrected chi connectivity index (χ4v) is 0.904. The fraction of sp³-hybridized carbons (Fsp3) is 0.111. The van der Waals surface area contributed by atoms with Crippen LogP contribution in [-0.4, -0.2) is 12.1 Å². The van der Waals surface area contributed by atoms with Crippen LogP contribution in [0.1, 0.15) is 5.56 Å². The van der Waals surface area contributed by atoms with Crippen molar-refractivity contribution in [1.29, 1.82) is 0 Å². The smallest absolute Gasteiger partial charge is 0.118 e. The van der Waals surface area contributed by atoms with E-state index in [1.54, 1.807) is 13.2 Å². The second kappa shape index (κ2) is 3.91. The van der Waals surface area contributed by atoms with Gasteiger partial charge in [-0.2, -0.15) is 0 Å². The summed E-state index contributed by atoms with van der Waals surface area (Å²) < 4.78 is 4.99. The molecule has 0 saturated carbocycles. The lowest BCUT2D eigenvalue weighted by Gasteiger charge is -1.97. The molecule has 0 aliphatic carbocycles. The Morgan fingerprint density at radius 3 is 2.45 bits per heavy atom.